The van der Waals surface area contributed by atoms with Crippen molar-refractivity contribution in [3.8, 4) is 0 Å². The topological polar surface area (TPSA) is 33.2 Å². The van der Waals surface area contributed by atoms with Crippen molar-refractivity contribution in [3.05, 3.63) is 52.5 Å². The minimum absolute atomic E-state index is 0.205. The summed E-state index contributed by atoms with van der Waals surface area (Å²) in [7, 11) is 1.91. The zero-order valence-corrected chi connectivity index (χ0v) is 12.3. The number of thiophene rings is 1. The van der Waals surface area contributed by atoms with E-state index in [4.69, 9.17) is 0 Å². The van der Waals surface area contributed by atoms with Crippen LogP contribution in [0.2, 0.25) is 0 Å². The minimum atomic E-state index is 0.205. The van der Waals surface area contributed by atoms with Crippen LogP contribution in [-0.2, 0) is 11.2 Å². The zero-order chi connectivity index (χ0) is 13.9. The van der Waals surface area contributed by atoms with Gasteiger partial charge in [0.2, 0.25) is 5.91 Å². The molecule has 1 amide bonds. The third kappa shape index (κ3) is 2.90. The molecule has 0 bridgehead atoms. The van der Waals surface area contributed by atoms with Gasteiger partial charge in [-0.15, -0.1) is 11.3 Å². The molecule has 3 nitrogen and oxygen atoms in total. The minimum Gasteiger partial charge on any atom is -0.345 e. The Bertz CT molecular complexity index is 567. The summed E-state index contributed by atoms with van der Waals surface area (Å²) in [5.41, 5.74) is 1.23. The average Bonchev–Trinajstić information content (AvgIpc) is 3.10. The molecule has 1 saturated carbocycles. The van der Waals surface area contributed by atoms with Crippen molar-refractivity contribution in [2.75, 3.05) is 13.6 Å². The van der Waals surface area contributed by atoms with Gasteiger partial charge >= 0.3 is 0 Å². The van der Waals surface area contributed by atoms with Crippen LogP contribution in [0.3, 0.4) is 0 Å². The lowest BCUT2D eigenvalue weighted by atomic mass is 10.2. The molecule has 20 heavy (non-hydrogen) atoms. The Hall–Kier alpha value is -1.68. The Morgan fingerprint density at radius 1 is 1.40 bits per heavy atom. The van der Waals surface area contributed by atoms with Crippen LogP contribution in [0.5, 0.6) is 0 Å². The van der Waals surface area contributed by atoms with E-state index < -0.39 is 0 Å². The molecule has 1 aliphatic carbocycles. The fourth-order valence-corrected chi connectivity index (χ4v) is 3.43. The summed E-state index contributed by atoms with van der Waals surface area (Å²) in [5, 5.41) is 2.09. The highest BCUT2D eigenvalue weighted by molar-refractivity contribution is 7.10. The van der Waals surface area contributed by atoms with Gasteiger partial charge < -0.3 is 4.90 Å². The first kappa shape index (κ1) is 13.3. The first-order valence-electron chi connectivity index (χ1n) is 6.93. The van der Waals surface area contributed by atoms with Crippen molar-refractivity contribution in [1.29, 1.82) is 0 Å². The van der Waals surface area contributed by atoms with Crippen LogP contribution in [0.1, 0.15) is 22.8 Å². The SMILES string of the molecule is CN(CCc1ccncc1)C(=O)C1CC1c1cccs1. The predicted octanol–water partition coefficient (Wildman–Crippen LogP) is 2.95. The van der Waals surface area contributed by atoms with E-state index >= 15 is 0 Å². The van der Waals surface area contributed by atoms with Gasteiger partial charge in [0.05, 0.1) is 0 Å². The van der Waals surface area contributed by atoms with E-state index in [-0.39, 0.29) is 11.8 Å². The van der Waals surface area contributed by atoms with Crippen LogP contribution in [0.15, 0.2) is 42.0 Å². The van der Waals surface area contributed by atoms with Gasteiger partial charge in [-0.2, -0.15) is 0 Å². The van der Waals surface area contributed by atoms with Crippen molar-refractivity contribution in [1.82, 2.24) is 9.88 Å². The molecule has 104 valence electrons. The number of aromatic nitrogens is 1. The summed E-state index contributed by atoms with van der Waals surface area (Å²) < 4.78 is 0. The fraction of sp³-hybridized carbons (Fsp3) is 0.375. The van der Waals surface area contributed by atoms with Gasteiger partial charge in [-0.25, -0.2) is 0 Å². The molecule has 1 aliphatic rings. The van der Waals surface area contributed by atoms with Gasteiger partial charge in [-0.1, -0.05) is 6.07 Å². The maximum absolute atomic E-state index is 12.4. The fourth-order valence-electron chi connectivity index (χ4n) is 2.52. The molecule has 0 aliphatic heterocycles. The summed E-state index contributed by atoms with van der Waals surface area (Å²) in [6.45, 7) is 0.774. The van der Waals surface area contributed by atoms with E-state index in [0.29, 0.717) is 5.92 Å². The number of nitrogens with zero attached hydrogens (tertiary/aromatic N) is 2. The van der Waals surface area contributed by atoms with Gasteiger partial charge in [0.25, 0.3) is 0 Å². The third-order valence-corrected chi connectivity index (χ3v) is 4.88. The van der Waals surface area contributed by atoms with E-state index in [1.54, 1.807) is 23.7 Å². The monoisotopic (exact) mass is 286 g/mol. The summed E-state index contributed by atoms with van der Waals surface area (Å²) in [4.78, 5) is 19.6. The number of pyridine rings is 1. The Kier molecular flexibility index (Phi) is 3.83. The summed E-state index contributed by atoms with van der Waals surface area (Å²) in [6, 6.07) is 8.21. The van der Waals surface area contributed by atoms with Gasteiger partial charge in [0.15, 0.2) is 0 Å². The number of carbonyl (C=O) groups is 1. The molecule has 0 radical (unpaired) electrons. The largest absolute Gasteiger partial charge is 0.345 e. The molecule has 3 rings (SSSR count). The molecule has 2 heterocycles. The predicted molar refractivity (Wildman–Crippen MR) is 80.7 cm³/mol. The summed E-state index contributed by atoms with van der Waals surface area (Å²) in [6.07, 6.45) is 5.50. The lowest BCUT2D eigenvalue weighted by Gasteiger charge is -2.17. The number of amides is 1. The van der Waals surface area contributed by atoms with Crippen molar-refractivity contribution >= 4 is 17.2 Å². The average molecular weight is 286 g/mol. The Morgan fingerprint density at radius 2 is 2.20 bits per heavy atom. The third-order valence-electron chi connectivity index (χ3n) is 3.88. The molecular formula is C16H18N2OS. The normalized spacial score (nSPS) is 20.6. The van der Waals surface area contributed by atoms with Crippen molar-refractivity contribution < 1.29 is 4.79 Å². The zero-order valence-electron chi connectivity index (χ0n) is 11.5. The van der Waals surface area contributed by atoms with Crippen molar-refractivity contribution in [3.63, 3.8) is 0 Å². The number of likely N-dealkylation sites (N-methyl/N-ethyl adjacent to an activating group) is 1. The first-order chi connectivity index (χ1) is 9.75. The number of hydrogen-bond donors (Lipinski definition) is 0. The van der Waals surface area contributed by atoms with Crippen molar-refractivity contribution in [2.45, 2.75) is 18.8 Å². The van der Waals surface area contributed by atoms with E-state index in [0.717, 1.165) is 19.4 Å². The summed E-state index contributed by atoms with van der Waals surface area (Å²) in [5.74, 6) is 0.958. The second kappa shape index (κ2) is 5.75. The van der Waals surface area contributed by atoms with Gasteiger partial charge in [-0.05, 0) is 42.0 Å². The number of rotatable bonds is 5. The van der Waals surface area contributed by atoms with Gasteiger partial charge in [0, 0.05) is 42.7 Å². The number of carbonyl (C=O) groups excluding carboxylic acids is 1. The van der Waals surface area contributed by atoms with Crippen LogP contribution in [0, 0.1) is 5.92 Å². The van der Waals surface area contributed by atoms with E-state index in [9.17, 15) is 4.79 Å². The molecule has 4 heteroatoms. The molecule has 2 aromatic heterocycles. The lowest BCUT2D eigenvalue weighted by molar-refractivity contribution is -0.131. The van der Waals surface area contributed by atoms with Crippen LogP contribution >= 0.6 is 11.3 Å². The van der Waals surface area contributed by atoms with Gasteiger partial charge in [0.1, 0.15) is 0 Å². The van der Waals surface area contributed by atoms with E-state index in [2.05, 4.69) is 22.5 Å². The smallest absolute Gasteiger partial charge is 0.226 e. The molecule has 0 N–H and O–H groups in total. The first-order valence-corrected chi connectivity index (χ1v) is 7.81. The van der Waals surface area contributed by atoms with Crippen LogP contribution in [0.25, 0.3) is 0 Å². The molecule has 1 fully saturated rings. The Balaban J connectivity index is 1.51. The summed E-state index contributed by atoms with van der Waals surface area (Å²) >= 11 is 1.76. The van der Waals surface area contributed by atoms with E-state index in [1.807, 2.05) is 24.1 Å². The van der Waals surface area contributed by atoms with E-state index in [1.165, 1.54) is 10.4 Å². The Labute approximate surface area is 123 Å². The standard InChI is InChI=1S/C16H18N2OS/c1-18(9-6-12-4-7-17-8-5-12)16(19)14-11-13(14)15-3-2-10-20-15/h2-5,7-8,10,13-14H,6,9,11H2,1H3. The molecule has 2 unspecified atom stereocenters. The maximum atomic E-state index is 12.4. The molecule has 0 aromatic carbocycles. The molecular weight excluding hydrogens is 268 g/mol. The lowest BCUT2D eigenvalue weighted by Crippen LogP contribution is -2.30. The Morgan fingerprint density at radius 3 is 2.90 bits per heavy atom. The van der Waals surface area contributed by atoms with Crippen molar-refractivity contribution in [2.24, 2.45) is 5.92 Å². The molecule has 0 saturated heterocycles. The second-order valence-corrected chi connectivity index (χ2v) is 6.31. The number of hydrogen-bond acceptors (Lipinski definition) is 3. The highest BCUT2D eigenvalue weighted by Crippen LogP contribution is 2.49. The van der Waals surface area contributed by atoms with Crippen LogP contribution in [0.4, 0.5) is 0 Å². The van der Waals surface area contributed by atoms with Crippen LogP contribution in [-0.4, -0.2) is 29.4 Å². The quantitative estimate of drug-likeness (QED) is 0.846. The second-order valence-electron chi connectivity index (χ2n) is 5.33. The maximum Gasteiger partial charge on any atom is 0.226 e. The highest BCUT2D eigenvalue weighted by atomic mass is 32.1. The van der Waals surface area contributed by atoms with Gasteiger partial charge in [-0.3, -0.25) is 9.78 Å². The molecule has 2 atom stereocenters. The highest BCUT2D eigenvalue weighted by Gasteiger charge is 2.45. The molecule has 2 aromatic rings. The molecule has 0 spiro atoms. The van der Waals surface area contributed by atoms with Crippen LogP contribution < -0.4 is 0 Å².